The highest BCUT2D eigenvalue weighted by atomic mass is 16.5. The molecule has 0 aromatic carbocycles. The molecular formula is C13H21N5O. The lowest BCUT2D eigenvalue weighted by molar-refractivity contribution is 0.190. The van der Waals surface area contributed by atoms with Crippen molar-refractivity contribution in [1.29, 1.82) is 0 Å². The Morgan fingerprint density at radius 1 is 1.37 bits per heavy atom. The van der Waals surface area contributed by atoms with Crippen molar-refractivity contribution < 1.29 is 4.74 Å². The van der Waals surface area contributed by atoms with Gasteiger partial charge in [-0.25, -0.2) is 4.98 Å². The van der Waals surface area contributed by atoms with Gasteiger partial charge < -0.3 is 14.6 Å². The SMILES string of the molecule is COCCCn1ccnc1NCCc1ccnn1C. The van der Waals surface area contributed by atoms with E-state index in [9.17, 15) is 0 Å². The van der Waals surface area contributed by atoms with Gasteiger partial charge in [0.1, 0.15) is 0 Å². The molecule has 6 heteroatoms. The number of imidazole rings is 1. The summed E-state index contributed by atoms with van der Waals surface area (Å²) in [5, 5.41) is 7.51. The number of methoxy groups -OCH3 is 1. The van der Waals surface area contributed by atoms with Gasteiger partial charge in [-0.3, -0.25) is 4.68 Å². The first-order chi connectivity index (χ1) is 9.31. The predicted octanol–water partition coefficient (Wildman–Crippen LogP) is 1.31. The summed E-state index contributed by atoms with van der Waals surface area (Å²) in [5.41, 5.74) is 1.21. The third-order valence-electron chi connectivity index (χ3n) is 3.05. The van der Waals surface area contributed by atoms with Crippen LogP contribution in [0.15, 0.2) is 24.7 Å². The number of nitrogens with one attached hydrogen (secondary N) is 1. The van der Waals surface area contributed by atoms with Crippen LogP contribution in [-0.4, -0.2) is 39.6 Å². The van der Waals surface area contributed by atoms with Crippen molar-refractivity contribution in [3.8, 4) is 0 Å². The van der Waals surface area contributed by atoms with Crippen LogP contribution in [0.2, 0.25) is 0 Å². The third-order valence-corrected chi connectivity index (χ3v) is 3.05. The van der Waals surface area contributed by atoms with E-state index in [-0.39, 0.29) is 0 Å². The first-order valence-electron chi connectivity index (χ1n) is 6.52. The minimum atomic E-state index is 0.770. The van der Waals surface area contributed by atoms with Crippen molar-refractivity contribution in [2.24, 2.45) is 7.05 Å². The van der Waals surface area contributed by atoms with Crippen LogP contribution in [0.4, 0.5) is 5.95 Å². The van der Waals surface area contributed by atoms with Gasteiger partial charge in [0.2, 0.25) is 5.95 Å². The van der Waals surface area contributed by atoms with E-state index in [1.54, 1.807) is 7.11 Å². The molecule has 0 bridgehead atoms. The van der Waals surface area contributed by atoms with Crippen molar-refractivity contribution >= 4 is 5.95 Å². The first-order valence-corrected chi connectivity index (χ1v) is 6.52. The van der Waals surface area contributed by atoms with Crippen LogP contribution in [0.25, 0.3) is 0 Å². The van der Waals surface area contributed by atoms with Gasteiger partial charge in [-0.2, -0.15) is 5.10 Å². The summed E-state index contributed by atoms with van der Waals surface area (Å²) in [6, 6.07) is 2.03. The number of hydrogen-bond acceptors (Lipinski definition) is 4. The van der Waals surface area contributed by atoms with Crippen LogP contribution in [-0.2, 0) is 24.8 Å². The Morgan fingerprint density at radius 3 is 3.00 bits per heavy atom. The molecule has 0 aliphatic rings. The van der Waals surface area contributed by atoms with Crippen molar-refractivity contribution in [1.82, 2.24) is 19.3 Å². The maximum atomic E-state index is 5.06. The van der Waals surface area contributed by atoms with Crippen LogP contribution in [0.1, 0.15) is 12.1 Å². The maximum absolute atomic E-state index is 5.06. The van der Waals surface area contributed by atoms with Crippen molar-refractivity contribution in [2.45, 2.75) is 19.4 Å². The van der Waals surface area contributed by atoms with Crippen LogP contribution in [0, 0.1) is 0 Å². The number of anilines is 1. The zero-order chi connectivity index (χ0) is 13.5. The summed E-state index contributed by atoms with van der Waals surface area (Å²) in [7, 11) is 3.68. The van der Waals surface area contributed by atoms with Gasteiger partial charge >= 0.3 is 0 Å². The number of aromatic nitrogens is 4. The second-order valence-corrected chi connectivity index (χ2v) is 4.41. The Balaban J connectivity index is 1.79. The minimum absolute atomic E-state index is 0.770. The molecule has 0 spiro atoms. The molecule has 2 aromatic rings. The average molecular weight is 263 g/mol. The van der Waals surface area contributed by atoms with Gasteiger partial charge in [0.25, 0.3) is 0 Å². The first kappa shape index (κ1) is 13.6. The van der Waals surface area contributed by atoms with Gasteiger partial charge in [0, 0.05) is 64.6 Å². The normalized spacial score (nSPS) is 10.8. The van der Waals surface area contributed by atoms with Gasteiger partial charge in [-0.1, -0.05) is 0 Å². The number of hydrogen-bond donors (Lipinski definition) is 1. The molecule has 0 aliphatic heterocycles. The van der Waals surface area contributed by atoms with Gasteiger partial charge in [0.15, 0.2) is 0 Å². The summed E-state index contributed by atoms with van der Waals surface area (Å²) < 4.78 is 9.07. The zero-order valence-electron chi connectivity index (χ0n) is 11.5. The molecule has 0 saturated heterocycles. The van der Waals surface area contributed by atoms with Crippen LogP contribution < -0.4 is 5.32 Å². The highest BCUT2D eigenvalue weighted by Crippen LogP contribution is 2.06. The van der Waals surface area contributed by atoms with Crippen LogP contribution in [0.5, 0.6) is 0 Å². The quantitative estimate of drug-likeness (QED) is 0.730. The molecular weight excluding hydrogens is 242 g/mol. The van der Waals surface area contributed by atoms with Crippen LogP contribution in [0.3, 0.4) is 0 Å². The molecule has 0 radical (unpaired) electrons. The Hall–Kier alpha value is -1.82. The molecule has 1 N–H and O–H groups in total. The molecule has 0 amide bonds. The summed E-state index contributed by atoms with van der Waals surface area (Å²) >= 11 is 0. The van der Waals surface area contributed by atoms with E-state index in [4.69, 9.17) is 4.74 Å². The lowest BCUT2D eigenvalue weighted by Crippen LogP contribution is -2.12. The molecule has 0 saturated carbocycles. The van der Waals surface area contributed by atoms with E-state index in [1.807, 2.05) is 36.4 Å². The summed E-state index contributed by atoms with van der Waals surface area (Å²) in [6.45, 7) is 2.54. The Bertz CT molecular complexity index is 491. The second kappa shape index (κ2) is 6.94. The summed E-state index contributed by atoms with van der Waals surface area (Å²) in [5.74, 6) is 0.915. The number of ether oxygens (including phenoxy) is 1. The van der Waals surface area contributed by atoms with Gasteiger partial charge in [-0.15, -0.1) is 0 Å². The highest BCUT2D eigenvalue weighted by Gasteiger charge is 2.03. The Morgan fingerprint density at radius 2 is 2.26 bits per heavy atom. The van der Waals surface area contributed by atoms with E-state index in [0.717, 1.165) is 38.5 Å². The molecule has 2 aromatic heterocycles. The average Bonchev–Trinajstić information content (AvgIpc) is 3.00. The molecule has 104 valence electrons. The molecule has 2 rings (SSSR count). The van der Waals surface area contributed by atoms with Crippen molar-refractivity contribution in [3.05, 3.63) is 30.4 Å². The lowest BCUT2D eigenvalue weighted by atomic mass is 10.3. The molecule has 0 unspecified atom stereocenters. The zero-order valence-corrected chi connectivity index (χ0v) is 11.5. The van der Waals surface area contributed by atoms with E-state index in [1.165, 1.54) is 5.69 Å². The van der Waals surface area contributed by atoms with E-state index >= 15 is 0 Å². The number of rotatable bonds is 8. The predicted molar refractivity (Wildman–Crippen MR) is 74.1 cm³/mol. The third kappa shape index (κ3) is 3.82. The van der Waals surface area contributed by atoms with E-state index in [2.05, 4.69) is 20.0 Å². The fourth-order valence-corrected chi connectivity index (χ4v) is 1.98. The Kier molecular flexibility index (Phi) is 4.97. The van der Waals surface area contributed by atoms with Crippen molar-refractivity contribution in [3.63, 3.8) is 0 Å². The van der Waals surface area contributed by atoms with E-state index < -0.39 is 0 Å². The highest BCUT2D eigenvalue weighted by molar-refractivity contribution is 5.26. The van der Waals surface area contributed by atoms with Crippen LogP contribution >= 0.6 is 0 Å². The fraction of sp³-hybridized carbons (Fsp3) is 0.538. The smallest absolute Gasteiger partial charge is 0.202 e. The summed E-state index contributed by atoms with van der Waals surface area (Å²) in [6.07, 6.45) is 7.55. The topological polar surface area (TPSA) is 56.9 Å². The molecule has 0 aliphatic carbocycles. The van der Waals surface area contributed by atoms with Gasteiger partial charge in [-0.05, 0) is 12.5 Å². The second-order valence-electron chi connectivity index (χ2n) is 4.41. The molecule has 0 fully saturated rings. The largest absolute Gasteiger partial charge is 0.385 e. The molecule has 2 heterocycles. The lowest BCUT2D eigenvalue weighted by Gasteiger charge is -2.09. The number of nitrogens with zero attached hydrogens (tertiary/aromatic N) is 4. The fourth-order valence-electron chi connectivity index (χ4n) is 1.98. The summed E-state index contributed by atoms with van der Waals surface area (Å²) in [4.78, 5) is 4.32. The maximum Gasteiger partial charge on any atom is 0.202 e. The minimum Gasteiger partial charge on any atom is -0.385 e. The standard InChI is InChI=1S/C13H21N5O/c1-17-12(5-7-16-17)4-6-14-13-15-8-10-18(13)9-3-11-19-2/h5,7-8,10H,3-4,6,9,11H2,1-2H3,(H,14,15). The van der Waals surface area contributed by atoms with Gasteiger partial charge in [0.05, 0.1) is 0 Å². The molecule has 19 heavy (non-hydrogen) atoms. The monoisotopic (exact) mass is 263 g/mol. The van der Waals surface area contributed by atoms with E-state index in [0.29, 0.717) is 0 Å². The number of aryl methyl sites for hydroxylation is 2. The molecule has 0 atom stereocenters. The Labute approximate surface area is 113 Å². The van der Waals surface area contributed by atoms with Crippen molar-refractivity contribution in [2.75, 3.05) is 25.6 Å². The molecule has 6 nitrogen and oxygen atoms in total.